The Kier molecular flexibility index (Phi) is 3.46. The van der Waals surface area contributed by atoms with Crippen LogP contribution in [0.1, 0.15) is 40.0 Å². The molecule has 0 aromatic rings. The lowest BCUT2D eigenvalue weighted by Crippen LogP contribution is -2.57. The predicted octanol–water partition coefficient (Wildman–Crippen LogP) is 1.14. The molecule has 4 atom stereocenters. The van der Waals surface area contributed by atoms with Gasteiger partial charge in [-0.15, -0.1) is 0 Å². The second kappa shape index (κ2) is 4.58. The lowest BCUT2D eigenvalue weighted by atomic mass is 9.82. The Bertz CT molecular complexity index is 298. The highest BCUT2D eigenvalue weighted by molar-refractivity contribution is 5.84. The molecule has 1 amide bonds. The van der Waals surface area contributed by atoms with Crippen LogP contribution in [0, 0.1) is 5.41 Å². The number of rotatable bonds is 1. The summed E-state index contributed by atoms with van der Waals surface area (Å²) in [5, 5.41) is 0. The molecule has 17 heavy (non-hydrogen) atoms. The van der Waals surface area contributed by atoms with Crippen molar-refractivity contribution in [3.8, 4) is 0 Å². The van der Waals surface area contributed by atoms with E-state index in [1.165, 1.54) is 6.42 Å². The van der Waals surface area contributed by atoms with E-state index in [2.05, 4.69) is 13.8 Å². The Labute approximate surface area is 103 Å². The number of ether oxygens (including phenoxy) is 1. The normalized spacial score (nSPS) is 42.8. The van der Waals surface area contributed by atoms with Crippen LogP contribution in [-0.4, -0.2) is 42.1 Å². The number of carbonyl (C=O) groups excluding carboxylic acids is 1. The van der Waals surface area contributed by atoms with Gasteiger partial charge in [0.1, 0.15) is 0 Å². The van der Waals surface area contributed by atoms with Crippen LogP contribution in [0.2, 0.25) is 0 Å². The van der Waals surface area contributed by atoms with Crippen LogP contribution in [-0.2, 0) is 9.53 Å². The molecule has 0 spiro atoms. The predicted molar refractivity (Wildman–Crippen MR) is 66.5 cm³/mol. The number of nitrogens with zero attached hydrogens (tertiary/aromatic N) is 1. The maximum Gasteiger partial charge on any atom is 0.232 e. The second-order valence-electron chi connectivity index (χ2n) is 5.88. The van der Waals surface area contributed by atoms with Crippen LogP contribution in [0.4, 0.5) is 0 Å². The van der Waals surface area contributed by atoms with Crippen molar-refractivity contribution < 1.29 is 9.53 Å². The van der Waals surface area contributed by atoms with Gasteiger partial charge in [0.2, 0.25) is 5.91 Å². The Morgan fingerprint density at radius 3 is 2.41 bits per heavy atom. The topological polar surface area (TPSA) is 55.6 Å². The van der Waals surface area contributed by atoms with E-state index in [0.29, 0.717) is 25.3 Å². The molecule has 2 aliphatic heterocycles. The monoisotopic (exact) mass is 240 g/mol. The van der Waals surface area contributed by atoms with Crippen molar-refractivity contribution in [2.45, 2.75) is 58.2 Å². The zero-order chi connectivity index (χ0) is 12.6. The minimum Gasteiger partial charge on any atom is -0.379 e. The summed E-state index contributed by atoms with van der Waals surface area (Å²) in [6.07, 6.45) is 3.41. The molecule has 2 fully saturated rings. The zero-order valence-corrected chi connectivity index (χ0v) is 11.1. The molecule has 98 valence electrons. The first-order valence-corrected chi connectivity index (χ1v) is 6.63. The van der Waals surface area contributed by atoms with Gasteiger partial charge in [-0.3, -0.25) is 4.79 Å². The fraction of sp³-hybridized carbons (Fsp3) is 0.923. The Morgan fingerprint density at radius 1 is 1.35 bits per heavy atom. The summed E-state index contributed by atoms with van der Waals surface area (Å²) in [5.74, 6) is 0.183. The van der Waals surface area contributed by atoms with Gasteiger partial charge >= 0.3 is 0 Å². The molecule has 2 aliphatic rings. The van der Waals surface area contributed by atoms with E-state index in [1.54, 1.807) is 0 Å². The molecule has 0 aromatic heterocycles. The zero-order valence-electron chi connectivity index (χ0n) is 11.1. The van der Waals surface area contributed by atoms with E-state index in [1.807, 2.05) is 11.8 Å². The number of carbonyl (C=O) groups is 1. The summed E-state index contributed by atoms with van der Waals surface area (Å²) in [5.41, 5.74) is 5.51. The first kappa shape index (κ1) is 12.8. The van der Waals surface area contributed by atoms with Crippen LogP contribution in [0.5, 0.6) is 0 Å². The van der Waals surface area contributed by atoms with Gasteiger partial charge in [0.05, 0.1) is 18.6 Å². The Balaban J connectivity index is 2.18. The van der Waals surface area contributed by atoms with E-state index in [-0.39, 0.29) is 11.9 Å². The minimum atomic E-state index is -0.528. The number of piperidine rings is 1. The highest BCUT2D eigenvalue weighted by Gasteiger charge is 2.48. The molecule has 2 saturated heterocycles. The third-order valence-electron chi connectivity index (χ3n) is 4.43. The maximum atomic E-state index is 12.7. The molecule has 2 rings (SSSR count). The van der Waals surface area contributed by atoms with Gasteiger partial charge in [-0.25, -0.2) is 0 Å². The number of nitrogens with two attached hydrogens (primary N) is 1. The van der Waals surface area contributed by atoms with E-state index < -0.39 is 5.41 Å². The van der Waals surface area contributed by atoms with Gasteiger partial charge in [0.25, 0.3) is 0 Å². The lowest BCUT2D eigenvalue weighted by molar-refractivity contribution is -0.148. The van der Waals surface area contributed by atoms with Crippen LogP contribution in [0.3, 0.4) is 0 Å². The van der Waals surface area contributed by atoms with Crippen LogP contribution in [0.25, 0.3) is 0 Å². The average Bonchev–Trinajstić information content (AvgIpc) is 2.60. The first-order valence-electron chi connectivity index (χ1n) is 6.63. The van der Waals surface area contributed by atoms with Gasteiger partial charge in [-0.05, 0) is 40.0 Å². The molecule has 0 bridgehead atoms. The van der Waals surface area contributed by atoms with Gasteiger partial charge in [0, 0.05) is 18.1 Å². The summed E-state index contributed by atoms with van der Waals surface area (Å²) in [7, 11) is 0. The third-order valence-corrected chi connectivity index (χ3v) is 4.43. The van der Waals surface area contributed by atoms with E-state index in [4.69, 9.17) is 10.5 Å². The van der Waals surface area contributed by atoms with Gasteiger partial charge in [-0.1, -0.05) is 0 Å². The fourth-order valence-electron chi connectivity index (χ4n) is 3.03. The van der Waals surface area contributed by atoms with Crippen LogP contribution in [0.15, 0.2) is 0 Å². The largest absolute Gasteiger partial charge is 0.379 e. The van der Waals surface area contributed by atoms with E-state index in [0.717, 1.165) is 12.8 Å². The SMILES string of the molecule is CC1CCCC(C)N1C(=O)C1(C)COCC1N. The van der Waals surface area contributed by atoms with Crippen LogP contribution < -0.4 is 5.73 Å². The average molecular weight is 240 g/mol. The van der Waals surface area contributed by atoms with Crippen LogP contribution >= 0.6 is 0 Å². The van der Waals surface area contributed by atoms with Crippen molar-refractivity contribution >= 4 is 5.91 Å². The van der Waals surface area contributed by atoms with Crippen molar-refractivity contribution in [1.29, 1.82) is 0 Å². The van der Waals surface area contributed by atoms with Crippen molar-refractivity contribution in [2.24, 2.45) is 11.1 Å². The number of likely N-dealkylation sites (tertiary alicyclic amines) is 1. The summed E-state index contributed by atoms with van der Waals surface area (Å²) >= 11 is 0. The molecule has 0 aromatic carbocycles. The van der Waals surface area contributed by atoms with Gasteiger partial charge in [0.15, 0.2) is 0 Å². The molecular weight excluding hydrogens is 216 g/mol. The molecule has 0 radical (unpaired) electrons. The minimum absolute atomic E-state index is 0.170. The lowest BCUT2D eigenvalue weighted by Gasteiger charge is -2.43. The highest BCUT2D eigenvalue weighted by Crippen LogP contribution is 2.34. The molecular formula is C13H24N2O2. The quantitative estimate of drug-likeness (QED) is 0.748. The Morgan fingerprint density at radius 2 is 1.94 bits per heavy atom. The smallest absolute Gasteiger partial charge is 0.232 e. The molecule has 0 saturated carbocycles. The fourth-order valence-corrected chi connectivity index (χ4v) is 3.03. The third kappa shape index (κ3) is 2.08. The summed E-state index contributed by atoms with van der Waals surface area (Å²) in [6, 6.07) is 0.489. The summed E-state index contributed by atoms with van der Waals surface area (Å²) in [4.78, 5) is 14.8. The van der Waals surface area contributed by atoms with Crippen molar-refractivity contribution in [1.82, 2.24) is 4.90 Å². The maximum absolute atomic E-state index is 12.7. The number of hydrogen-bond donors (Lipinski definition) is 1. The van der Waals surface area contributed by atoms with Crippen molar-refractivity contribution in [3.05, 3.63) is 0 Å². The molecule has 4 heteroatoms. The van der Waals surface area contributed by atoms with Gasteiger partial charge in [-0.2, -0.15) is 0 Å². The molecule has 2 N–H and O–H groups in total. The van der Waals surface area contributed by atoms with E-state index in [9.17, 15) is 4.79 Å². The summed E-state index contributed by atoms with van der Waals surface area (Å²) < 4.78 is 5.38. The molecule has 0 aliphatic carbocycles. The molecule has 4 unspecified atom stereocenters. The standard InChI is InChI=1S/C13H24N2O2/c1-9-5-4-6-10(2)15(9)12(16)13(3)8-17-7-11(13)14/h9-11H,4-8,14H2,1-3H3. The highest BCUT2D eigenvalue weighted by atomic mass is 16.5. The van der Waals surface area contributed by atoms with Gasteiger partial charge < -0.3 is 15.4 Å². The van der Waals surface area contributed by atoms with Crippen molar-refractivity contribution in [2.75, 3.05) is 13.2 Å². The number of amides is 1. The summed E-state index contributed by atoms with van der Waals surface area (Å²) in [6.45, 7) is 7.18. The Hall–Kier alpha value is -0.610. The number of hydrogen-bond acceptors (Lipinski definition) is 3. The second-order valence-corrected chi connectivity index (χ2v) is 5.88. The molecule has 4 nitrogen and oxygen atoms in total. The first-order chi connectivity index (χ1) is 7.97. The van der Waals surface area contributed by atoms with Crippen molar-refractivity contribution in [3.63, 3.8) is 0 Å². The van der Waals surface area contributed by atoms with E-state index >= 15 is 0 Å². The molecule has 2 heterocycles.